The third kappa shape index (κ3) is 3.49. The number of aromatic nitrogens is 2. The van der Waals surface area contributed by atoms with E-state index in [1.165, 1.54) is 18.2 Å². The van der Waals surface area contributed by atoms with Gasteiger partial charge in [0.15, 0.2) is 0 Å². The SMILES string of the molecule is CC(=O)Oc1c(C=Nn2c(=O)[nH]c3ccccc3c2=O)cccc1[N+](=O)[O-]. The highest BCUT2D eigenvalue weighted by atomic mass is 16.6. The van der Waals surface area contributed by atoms with Gasteiger partial charge in [0.25, 0.3) is 5.56 Å². The molecule has 1 N–H and O–H groups in total. The molecule has 0 aliphatic heterocycles. The number of nitro groups is 1. The minimum absolute atomic E-state index is 0.0545. The van der Waals surface area contributed by atoms with Crippen LogP contribution in [-0.2, 0) is 4.79 Å². The summed E-state index contributed by atoms with van der Waals surface area (Å²) in [7, 11) is 0. The van der Waals surface area contributed by atoms with Gasteiger partial charge < -0.3 is 9.72 Å². The summed E-state index contributed by atoms with van der Waals surface area (Å²) < 4.78 is 5.49. The summed E-state index contributed by atoms with van der Waals surface area (Å²) in [5.41, 5.74) is -1.48. The molecule has 1 heterocycles. The van der Waals surface area contributed by atoms with Gasteiger partial charge in [-0.2, -0.15) is 5.10 Å². The molecule has 0 fully saturated rings. The molecule has 0 saturated carbocycles. The Balaban J connectivity index is 2.15. The average molecular weight is 368 g/mol. The molecule has 10 heteroatoms. The molecule has 0 saturated heterocycles. The number of benzene rings is 2. The molecule has 0 bridgehead atoms. The van der Waals surface area contributed by atoms with Gasteiger partial charge >= 0.3 is 17.3 Å². The molecule has 0 aliphatic rings. The molecule has 2 aromatic carbocycles. The number of ether oxygens (including phenoxy) is 1. The third-order valence-electron chi connectivity index (χ3n) is 3.56. The molecule has 10 nitrogen and oxygen atoms in total. The van der Waals surface area contributed by atoms with Crippen LogP contribution >= 0.6 is 0 Å². The smallest absolute Gasteiger partial charge is 0.349 e. The van der Waals surface area contributed by atoms with E-state index in [-0.39, 0.29) is 16.7 Å². The van der Waals surface area contributed by atoms with Crippen molar-refractivity contribution in [3.8, 4) is 5.75 Å². The number of esters is 1. The van der Waals surface area contributed by atoms with Crippen molar-refractivity contribution in [3.05, 3.63) is 79.0 Å². The van der Waals surface area contributed by atoms with Crippen LogP contribution in [0.3, 0.4) is 0 Å². The van der Waals surface area contributed by atoms with Crippen molar-refractivity contribution in [3.63, 3.8) is 0 Å². The molecule has 136 valence electrons. The van der Waals surface area contributed by atoms with Gasteiger partial charge in [-0.1, -0.05) is 18.2 Å². The van der Waals surface area contributed by atoms with Crippen LogP contribution in [0.25, 0.3) is 10.9 Å². The largest absolute Gasteiger partial charge is 0.419 e. The zero-order valence-electron chi connectivity index (χ0n) is 13.9. The monoisotopic (exact) mass is 368 g/mol. The maximum atomic E-state index is 12.4. The lowest BCUT2D eigenvalue weighted by Crippen LogP contribution is -2.32. The quantitative estimate of drug-likeness (QED) is 0.243. The standard InChI is InChI=1S/C17H12N4O6/c1-10(22)27-15-11(5-4-8-14(15)21(25)26)9-18-20-16(23)12-6-2-3-7-13(12)19-17(20)24/h2-9H,1H3,(H,19,24). The van der Waals surface area contributed by atoms with Gasteiger partial charge in [0, 0.05) is 18.6 Å². The highest BCUT2D eigenvalue weighted by molar-refractivity contribution is 5.88. The predicted molar refractivity (Wildman–Crippen MR) is 96.2 cm³/mol. The van der Waals surface area contributed by atoms with Crippen molar-refractivity contribution in [2.45, 2.75) is 6.92 Å². The summed E-state index contributed by atoms with van der Waals surface area (Å²) in [6.45, 7) is 1.09. The first-order chi connectivity index (χ1) is 12.9. The van der Waals surface area contributed by atoms with Crippen molar-refractivity contribution < 1.29 is 14.5 Å². The van der Waals surface area contributed by atoms with Crippen molar-refractivity contribution in [2.75, 3.05) is 0 Å². The fourth-order valence-corrected chi connectivity index (χ4v) is 2.42. The van der Waals surface area contributed by atoms with E-state index in [4.69, 9.17) is 4.74 Å². The van der Waals surface area contributed by atoms with Crippen molar-refractivity contribution in [1.29, 1.82) is 0 Å². The van der Waals surface area contributed by atoms with Crippen molar-refractivity contribution >= 4 is 28.8 Å². The van der Waals surface area contributed by atoms with Gasteiger partial charge in [0.2, 0.25) is 5.75 Å². The molecule has 0 spiro atoms. The zero-order valence-corrected chi connectivity index (χ0v) is 13.9. The lowest BCUT2D eigenvalue weighted by Gasteiger charge is -2.06. The zero-order chi connectivity index (χ0) is 19.6. The van der Waals surface area contributed by atoms with Crippen molar-refractivity contribution in [2.24, 2.45) is 5.10 Å². The van der Waals surface area contributed by atoms with Crippen LogP contribution in [-0.4, -0.2) is 26.8 Å². The summed E-state index contributed by atoms with van der Waals surface area (Å²) in [6, 6.07) is 10.3. The molecule has 0 aliphatic carbocycles. The fraction of sp³-hybridized carbons (Fsp3) is 0.0588. The topological polar surface area (TPSA) is 137 Å². The Morgan fingerprint density at radius 3 is 2.67 bits per heavy atom. The van der Waals surface area contributed by atoms with E-state index in [2.05, 4.69) is 10.1 Å². The van der Waals surface area contributed by atoms with E-state index in [9.17, 15) is 24.5 Å². The van der Waals surface area contributed by atoms with E-state index < -0.39 is 27.8 Å². The van der Waals surface area contributed by atoms with Gasteiger partial charge in [-0.25, -0.2) is 4.79 Å². The number of nitrogens with zero attached hydrogens (tertiary/aromatic N) is 3. The molecule has 3 aromatic rings. The fourth-order valence-electron chi connectivity index (χ4n) is 2.42. The Morgan fingerprint density at radius 2 is 1.96 bits per heavy atom. The third-order valence-corrected chi connectivity index (χ3v) is 3.56. The van der Waals surface area contributed by atoms with E-state index >= 15 is 0 Å². The number of aromatic amines is 1. The summed E-state index contributed by atoms with van der Waals surface area (Å²) in [5.74, 6) is -1.09. The number of H-pyrrole nitrogens is 1. The Labute approximate surface area is 150 Å². The number of carbonyl (C=O) groups is 1. The second-order valence-electron chi connectivity index (χ2n) is 5.38. The first-order valence-corrected chi connectivity index (χ1v) is 7.62. The van der Waals surface area contributed by atoms with E-state index in [1.807, 2.05) is 0 Å². The Kier molecular flexibility index (Phi) is 4.62. The van der Waals surface area contributed by atoms with Gasteiger partial charge in [0.05, 0.1) is 22.0 Å². The number of nitrogens with one attached hydrogen (secondary N) is 1. The molecule has 27 heavy (non-hydrogen) atoms. The van der Waals surface area contributed by atoms with Crippen LogP contribution in [0.15, 0.2) is 57.2 Å². The summed E-state index contributed by atoms with van der Waals surface area (Å²) in [5, 5.41) is 15.2. The van der Waals surface area contributed by atoms with E-state index in [0.29, 0.717) is 10.2 Å². The molecule has 1 aromatic heterocycles. The number of fused-ring (bicyclic) bond motifs is 1. The Morgan fingerprint density at radius 1 is 1.22 bits per heavy atom. The lowest BCUT2D eigenvalue weighted by molar-refractivity contribution is -0.385. The normalized spacial score (nSPS) is 11.0. The van der Waals surface area contributed by atoms with Gasteiger partial charge in [-0.05, 0) is 18.2 Å². The number of nitro benzene ring substituents is 1. The van der Waals surface area contributed by atoms with E-state index in [0.717, 1.165) is 19.2 Å². The molecule has 0 amide bonds. The first kappa shape index (κ1) is 17.7. The first-order valence-electron chi connectivity index (χ1n) is 7.62. The van der Waals surface area contributed by atoms with Crippen molar-refractivity contribution in [1.82, 2.24) is 9.66 Å². The summed E-state index contributed by atoms with van der Waals surface area (Å²) in [6.07, 6.45) is 1.04. The van der Waals surface area contributed by atoms with Crippen LogP contribution in [0.5, 0.6) is 5.75 Å². The molecule has 0 atom stereocenters. The van der Waals surface area contributed by atoms with Crippen LogP contribution in [0.1, 0.15) is 12.5 Å². The minimum atomic E-state index is -0.783. The minimum Gasteiger partial charge on any atom is -0.419 e. The molecule has 0 radical (unpaired) electrons. The molecular formula is C17H12N4O6. The second-order valence-corrected chi connectivity index (χ2v) is 5.38. The van der Waals surface area contributed by atoms with Gasteiger partial charge in [0.1, 0.15) is 0 Å². The average Bonchev–Trinajstić information content (AvgIpc) is 2.62. The van der Waals surface area contributed by atoms with Crippen LogP contribution in [0.4, 0.5) is 5.69 Å². The summed E-state index contributed by atoms with van der Waals surface area (Å²) >= 11 is 0. The number of carbonyl (C=O) groups excluding carboxylic acids is 1. The number of para-hydroxylation sites is 2. The maximum absolute atomic E-state index is 12.4. The Hall–Kier alpha value is -4.08. The molecular weight excluding hydrogens is 356 g/mol. The number of hydrogen-bond acceptors (Lipinski definition) is 7. The maximum Gasteiger partial charge on any atom is 0.349 e. The number of hydrogen-bond donors (Lipinski definition) is 1. The van der Waals surface area contributed by atoms with Gasteiger partial charge in [-0.3, -0.25) is 19.7 Å². The second kappa shape index (κ2) is 7.04. The predicted octanol–water partition coefficient (Wildman–Crippen LogP) is 1.41. The molecule has 3 rings (SSSR count). The van der Waals surface area contributed by atoms with Gasteiger partial charge in [-0.15, -0.1) is 4.68 Å². The lowest BCUT2D eigenvalue weighted by atomic mass is 10.2. The number of rotatable bonds is 4. The molecule has 0 unspecified atom stereocenters. The van der Waals surface area contributed by atoms with Crippen LogP contribution < -0.4 is 16.0 Å². The highest BCUT2D eigenvalue weighted by Gasteiger charge is 2.20. The van der Waals surface area contributed by atoms with Crippen LogP contribution in [0, 0.1) is 10.1 Å². The Bertz CT molecular complexity index is 1210. The van der Waals surface area contributed by atoms with E-state index in [1.54, 1.807) is 18.2 Å². The van der Waals surface area contributed by atoms with Crippen LogP contribution in [0.2, 0.25) is 0 Å². The summed E-state index contributed by atoms with van der Waals surface area (Å²) in [4.78, 5) is 48.8. The highest BCUT2D eigenvalue weighted by Crippen LogP contribution is 2.30.